The van der Waals surface area contributed by atoms with Gasteiger partial charge in [-0.25, -0.2) is 9.78 Å². The zero-order chi connectivity index (χ0) is 12.8. The summed E-state index contributed by atoms with van der Waals surface area (Å²) < 4.78 is 0. The monoisotopic (exact) mass is 249 g/mol. The van der Waals surface area contributed by atoms with E-state index in [4.69, 9.17) is 9.78 Å². The smallest absolute Gasteiger partial charge is 0.0865 e. The molecule has 18 heavy (non-hydrogen) atoms. The molecule has 0 N–H and O–H groups in total. The van der Waals surface area contributed by atoms with Crippen molar-refractivity contribution in [2.45, 2.75) is 19.9 Å². The number of likely N-dealkylation sites (tertiary alicyclic amines) is 1. The van der Waals surface area contributed by atoms with E-state index in [0.717, 1.165) is 19.0 Å². The van der Waals surface area contributed by atoms with Crippen LogP contribution >= 0.6 is 0 Å². The van der Waals surface area contributed by atoms with E-state index in [1.54, 1.807) is 7.11 Å². The summed E-state index contributed by atoms with van der Waals surface area (Å²) in [4.78, 5) is 12.4. The molecule has 1 heterocycles. The lowest BCUT2D eigenvalue weighted by atomic mass is 9.95. The average Bonchev–Trinajstić information content (AvgIpc) is 2.79. The molecule has 100 valence electrons. The van der Waals surface area contributed by atoms with Gasteiger partial charge in [0.1, 0.15) is 0 Å². The molecule has 0 amide bonds. The fraction of sp³-hybridized carbons (Fsp3) is 0.600. The highest BCUT2D eigenvalue weighted by molar-refractivity contribution is 5.14. The van der Waals surface area contributed by atoms with E-state index >= 15 is 0 Å². The predicted octanol–water partition coefficient (Wildman–Crippen LogP) is 2.72. The molecular weight excluding hydrogens is 226 g/mol. The summed E-state index contributed by atoms with van der Waals surface area (Å²) >= 11 is 0. The van der Waals surface area contributed by atoms with Gasteiger partial charge in [0.05, 0.1) is 13.7 Å². The molecule has 1 aliphatic heterocycles. The molecule has 3 nitrogen and oxygen atoms in total. The summed E-state index contributed by atoms with van der Waals surface area (Å²) in [6, 6.07) is 10.7. The third kappa shape index (κ3) is 3.55. The van der Waals surface area contributed by atoms with Crippen molar-refractivity contribution >= 4 is 0 Å². The van der Waals surface area contributed by atoms with Crippen LogP contribution < -0.4 is 0 Å². The molecule has 0 spiro atoms. The molecule has 1 aromatic rings. The Morgan fingerprint density at radius 1 is 1.17 bits per heavy atom. The Hall–Kier alpha value is -0.900. The molecule has 0 radical (unpaired) electrons. The molecule has 3 heteroatoms. The van der Waals surface area contributed by atoms with Crippen LogP contribution in [-0.4, -0.2) is 31.7 Å². The molecule has 0 saturated carbocycles. The van der Waals surface area contributed by atoms with Gasteiger partial charge in [0.25, 0.3) is 0 Å². The maximum atomic E-state index is 5.12. The summed E-state index contributed by atoms with van der Waals surface area (Å²) in [5.74, 6) is 1.32. The molecule has 2 rings (SSSR count). The number of hydrogen-bond donors (Lipinski definition) is 0. The first-order valence-corrected chi connectivity index (χ1v) is 6.75. The first kappa shape index (κ1) is 13.5. The van der Waals surface area contributed by atoms with Crippen LogP contribution in [-0.2, 0) is 16.3 Å². The Bertz CT molecular complexity index is 342. The first-order valence-electron chi connectivity index (χ1n) is 6.75. The summed E-state index contributed by atoms with van der Waals surface area (Å²) in [6.07, 6.45) is 1.21. The van der Waals surface area contributed by atoms with Gasteiger partial charge in [0.2, 0.25) is 0 Å². The van der Waals surface area contributed by atoms with Gasteiger partial charge in [-0.05, 0) is 11.5 Å². The van der Waals surface area contributed by atoms with E-state index in [9.17, 15) is 0 Å². The second kappa shape index (κ2) is 6.88. The van der Waals surface area contributed by atoms with Gasteiger partial charge < -0.3 is 0 Å². The Labute approximate surface area is 110 Å². The minimum atomic E-state index is 0.596. The van der Waals surface area contributed by atoms with Gasteiger partial charge in [0.15, 0.2) is 0 Å². The topological polar surface area (TPSA) is 21.7 Å². The summed E-state index contributed by atoms with van der Waals surface area (Å²) in [5.41, 5.74) is 1.39. The standard InChI is InChI=1S/C15H23NO2/c1-3-14-10-16(11-15(14)12-18-17-2)9-13-7-5-4-6-8-13/h4-8,14-15H,3,9-12H2,1-2H3/t14-,15-/m1/s1. The second-order valence-corrected chi connectivity index (χ2v) is 5.06. The van der Waals surface area contributed by atoms with Crippen molar-refractivity contribution in [3.63, 3.8) is 0 Å². The van der Waals surface area contributed by atoms with Gasteiger partial charge in [-0.3, -0.25) is 4.90 Å². The van der Waals surface area contributed by atoms with Gasteiger partial charge in [0, 0.05) is 25.6 Å². The van der Waals surface area contributed by atoms with Crippen LogP contribution in [0.3, 0.4) is 0 Å². The maximum absolute atomic E-state index is 5.12. The molecule has 0 bridgehead atoms. The van der Waals surface area contributed by atoms with E-state index in [2.05, 4.69) is 42.2 Å². The largest absolute Gasteiger partial charge is 0.298 e. The zero-order valence-electron chi connectivity index (χ0n) is 11.3. The molecule has 0 aromatic heterocycles. The molecular formula is C15H23NO2. The molecule has 0 unspecified atom stereocenters. The summed E-state index contributed by atoms with van der Waals surface area (Å²) in [7, 11) is 1.58. The molecule has 1 saturated heterocycles. The number of benzene rings is 1. The Morgan fingerprint density at radius 2 is 1.89 bits per heavy atom. The quantitative estimate of drug-likeness (QED) is 0.571. The van der Waals surface area contributed by atoms with Crippen LogP contribution in [0.5, 0.6) is 0 Å². The van der Waals surface area contributed by atoms with E-state index < -0.39 is 0 Å². The number of nitrogens with zero attached hydrogens (tertiary/aromatic N) is 1. The van der Waals surface area contributed by atoms with Crippen LogP contribution in [0.1, 0.15) is 18.9 Å². The lowest BCUT2D eigenvalue weighted by Crippen LogP contribution is -2.21. The molecule has 1 aromatic carbocycles. The normalized spacial score (nSPS) is 24.6. The van der Waals surface area contributed by atoms with E-state index in [1.165, 1.54) is 18.5 Å². The van der Waals surface area contributed by atoms with Crippen LogP contribution in [0.4, 0.5) is 0 Å². The Kier molecular flexibility index (Phi) is 5.17. The van der Waals surface area contributed by atoms with Crippen LogP contribution in [0.15, 0.2) is 30.3 Å². The fourth-order valence-corrected chi connectivity index (χ4v) is 2.81. The van der Waals surface area contributed by atoms with E-state index in [-0.39, 0.29) is 0 Å². The molecule has 2 atom stereocenters. The van der Waals surface area contributed by atoms with Crippen molar-refractivity contribution in [3.05, 3.63) is 35.9 Å². The van der Waals surface area contributed by atoms with Gasteiger partial charge in [-0.15, -0.1) is 0 Å². The minimum absolute atomic E-state index is 0.596. The Morgan fingerprint density at radius 3 is 2.56 bits per heavy atom. The molecule has 0 aliphatic carbocycles. The average molecular weight is 249 g/mol. The maximum Gasteiger partial charge on any atom is 0.0865 e. The minimum Gasteiger partial charge on any atom is -0.298 e. The van der Waals surface area contributed by atoms with Gasteiger partial charge in [-0.1, -0.05) is 43.7 Å². The summed E-state index contributed by atoms with van der Waals surface area (Å²) in [5, 5.41) is 0. The van der Waals surface area contributed by atoms with E-state index in [0.29, 0.717) is 12.5 Å². The highest BCUT2D eigenvalue weighted by Crippen LogP contribution is 2.27. The Balaban J connectivity index is 1.88. The third-order valence-corrected chi connectivity index (χ3v) is 3.83. The van der Waals surface area contributed by atoms with Crippen molar-refractivity contribution in [1.29, 1.82) is 0 Å². The zero-order valence-corrected chi connectivity index (χ0v) is 11.3. The first-order chi connectivity index (χ1) is 8.83. The molecule has 1 fully saturated rings. The SMILES string of the molecule is CC[C@@H]1CN(Cc2ccccc2)C[C@@H]1COOC. The van der Waals surface area contributed by atoms with Crippen LogP contribution in [0.25, 0.3) is 0 Å². The third-order valence-electron chi connectivity index (χ3n) is 3.83. The second-order valence-electron chi connectivity index (χ2n) is 5.06. The van der Waals surface area contributed by atoms with Gasteiger partial charge >= 0.3 is 0 Å². The highest BCUT2D eigenvalue weighted by atomic mass is 17.2. The van der Waals surface area contributed by atoms with Crippen LogP contribution in [0, 0.1) is 11.8 Å². The number of hydrogen-bond acceptors (Lipinski definition) is 3. The number of rotatable bonds is 6. The fourth-order valence-electron chi connectivity index (χ4n) is 2.81. The van der Waals surface area contributed by atoms with E-state index in [1.807, 2.05) is 0 Å². The van der Waals surface area contributed by atoms with Crippen molar-refractivity contribution in [2.24, 2.45) is 11.8 Å². The van der Waals surface area contributed by atoms with Crippen molar-refractivity contribution < 1.29 is 9.78 Å². The van der Waals surface area contributed by atoms with Crippen molar-refractivity contribution in [1.82, 2.24) is 4.90 Å². The highest BCUT2D eigenvalue weighted by Gasteiger charge is 2.31. The molecule has 1 aliphatic rings. The lowest BCUT2D eigenvalue weighted by Gasteiger charge is -2.15. The van der Waals surface area contributed by atoms with Gasteiger partial charge in [-0.2, -0.15) is 0 Å². The summed E-state index contributed by atoms with van der Waals surface area (Å²) in [6.45, 7) is 6.29. The van der Waals surface area contributed by atoms with Crippen molar-refractivity contribution in [3.8, 4) is 0 Å². The van der Waals surface area contributed by atoms with Crippen molar-refractivity contribution in [2.75, 3.05) is 26.8 Å². The lowest BCUT2D eigenvalue weighted by molar-refractivity contribution is -0.280. The predicted molar refractivity (Wildman–Crippen MR) is 72.0 cm³/mol. The van der Waals surface area contributed by atoms with Crippen LogP contribution in [0.2, 0.25) is 0 Å².